The van der Waals surface area contributed by atoms with Gasteiger partial charge in [0.15, 0.2) is 11.2 Å². The maximum atomic E-state index is 6.89. The Balaban J connectivity index is 0.855. The highest BCUT2D eigenvalue weighted by molar-refractivity contribution is 7.26. The van der Waals surface area contributed by atoms with E-state index in [9.17, 15) is 0 Å². The van der Waals surface area contributed by atoms with Crippen LogP contribution in [0.15, 0.2) is 251 Å². The van der Waals surface area contributed by atoms with E-state index >= 15 is 0 Å². The number of rotatable bonds is 9. The number of fused-ring (bicyclic) bond motifs is 12. The molecule has 0 saturated heterocycles. The molecule has 16 rings (SSSR count). The van der Waals surface area contributed by atoms with Crippen LogP contribution in [0.3, 0.4) is 0 Å². The minimum absolute atomic E-state index is 0.854. The fraction of sp³-hybridized carbons (Fsp3) is 0.0526. The van der Waals surface area contributed by atoms with Crippen molar-refractivity contribution in [1.82, 2.24) is 0 Å². The molecular weight excluding hydrogens is 1040 g/mol. The third-order valence-electron chi connectivity index (χ3n) is 16.8. The van der Waals surface area contributed by atoms with Crippen molar-refractivity contribution < 1.29 is 8.83 Å². The van der Waals surface area contributed by atoms with E-state index in [2.05, 4.69) is 280 Å². The van der Waals surface area contributed by atoms with E-state index in [1.54, 1.807) is 0 Å². The van der Waals surface area contributed by atoms with Gasteiger partial charge in [-0.05, 0) is 157 Å². The zero-order chi connectivity index (χ0) is 54.7. The van der Waals surface area contributed by atoms with Crippen molar-refractivity contribution >= 4 is 141 Å². The second-order valence-corrected chi connectivity index (χ2v) is 23.9. The molecule has 12 aromatic carbocycles. The summed E-state index contributed by atoms with van der Waals surface area (Å²) < 4.78 is 18.9. The van der Waals surface area contributed by atoms with Crippen LogP contribution in [0, 0.1) is 27.7 Å². The Morgan fingerprint density at radius 1 is 0.268 bits per heavy atom. The van der Waals surface area contributed by atoms with Gasteiger partial charge in [0.05, 0.1) is 22.7 Å². The Bertz CT molecular complexity index is 4940. The van der Waals surface area contributed by atoms with Crippen molar-refractivity contribution in [3.05, 3.63) is 265 Å². The second kappa shape index (κ2) is 19.0. The fourth-order valence-corrected chi connectivity index (χ4v) is 15.1. The monoisotopic (exact) mass is 1090 g/mol. The summed E-state index contributed by atoms with van der Waals surface area (Å²) in [4.78, 5) is 4.90. The van der Waals surface area contributed by atoms with Crippen LogP contribution in [-0.2, 0) is 0 Å². The highest BCUT2D eigenvalue weighted by Gasteiger charge is 2.28. The first kappa shape index (κ1) is 48.2. The topological polar surface area (TPSA) is 32.8 Å². The molecule has 0 N–H and O–H groups in total. The van der Waals surface area contributed by atoms with Crippen LogP contribution < -0.4 is 9.80 Å². The molecule has 0 fully saturated rings. The Kier molecular flexibility index (Phi) is 11.1. The summed E-state index contributed by atoms with van der Waals surface area (Å²) in [6, 6.07) is 88.7. The zero-order valence-corrected chi connectivity index (χ0v) is 47.3. The molecule has 0 aliphatic heterocycles. The van der Waals surface area contributed by atoms with Gasteiger partial charge in [0.1, 0.15) is 11.2 Å². The van der Waals surface area contributed by atoms with Gasteiger partial charge < -0.3 is 18.6 Å². The van der Waals surface area contributed by atoms with Crippen LogP contribution in [0.1, 0.15) is 22.3 Å². The lowest BCUT2D eigenvalue weighted by atomic mass is 9.94. The first-order chi connectivity index (χ1) is 40.3. The number of anilines is 6. The molecule has 4 heterocycles. The van der Waals surface area contributed by atoms with Gasteiger partial charge >= 0.3 is 0 Å². The molecule has 4 aromatic heterocycles. The van der Waals surface area contributed by atoms with Gasteiger partial charge in [0.2, 0.25) is 0 Å². The maximum absolute atomic E-state index is 6.89. The minimum atomic E-state index is 0.854. The van der Waals surface area contributed by atoms with Gasteiger partial charge in [-0.1, -0.05) is 158 Å². The third-order valence-corrected chi connectivity index (χ3v) is 19.1. The van der Waals surface area contributed by atoms with Gasteiger partial charge in [-0.3, -0.25) is 0 Å². The summed E-state index contributed by atoms with van der Waals surface area (Å²) in [5, 5.41) is 9.50. The van der Waals surface area contributed by atoms with Crippen LogP contribution in [0.25, 0.3) is 118 Å². The van der Waals surface area contributed by atoms with Crippen LogP contribution in [-0.4, -0.2) is 0 Å². The van der Waals surface area contributed by atoms with E-state index in [0.29, 0.717) is 0 Å². The molecule has 0 spiro atoms. The van der Waals surface area contributed by atoms with Gasteiger partial charge in [0, 0.05) is 84.4 Å². The number of aryl methyl sites for hydroxylation is 4. The van der Waals surface area contributed by atoms with Gasteiger partial charge in [-0.15, -0.1) is 22.7 Å². The summed E-state index contributed by atoms with van der Waals surface area (Å²) >= 11 is 3.70. The van der Waals surface area contributed by atoms with Gasteiger partial charge in [-0.25, -0.2) is 0 Å². The SMILES string of the molecule is Cc1cc(-c2ccc(N(c3c(C)cccc3-c3ccc4sc5ccccc5c4c3)c3cccc4c3oc3ccccc34)c(C)c2)ccc1N(c1c(C)cccc1-c1ccc2sc3ccccc3c2c1)c1cccc2c1oc1ccccc12. The normalized spacial score (nSPS) is 11.9. The first-order valence-electron chi connectivity index (χ1n) is 28.0. The Morgan fingerprint density at radius 3 is 1.10 bits per heavy atom. The Labute approximate surface area is 482 Å². The van der Waals surface area contributed by atoms with Crippen LogP contribution >= 0.6 is 22.7 Å². The smallest absolute Gasteiger partial charge is 0.159 e. The predicted molar refractivity (Wildman–Crippen MR) is 351 cm³/mol. The molecule has 82 heavy (non-hydrogen) atoms. The molecule has 0 aliphatic carbocycles. The summed E-state index contributed by atoms with van der Waals surface area (Å²) in [7, 11) is 0. The molecule has 0 amide bonds. The molecule has 0 bridgehead atoms. The number of furan rings is 2. The van der Waals surface area contributed by atoms with E-state index < -0.39 is 0 Å². The number of hydrogen-bond donors (Lipinski definition) is 0. The highest BCUT2D eigenvalue weighted by atomic mass is 32.1. The lowest BCUT2D eigenvalue weighted by Gasteiger charge is -2.31. The average molecular weight is 1090 g/mol. The summed E-state index contributed by atoms with van der Waals surface area (Å²) in [5.74, 6) is 0. The highest BCUT2D eigenvalue weighted by Crippen LogP contribution is 2.52. The maximum Gasteiger partial charge on any atom is 0.159 e. The average Bonchev–Trinajstić information content (AvgIpc) is 3.78. The molecule has 0 saturated carbocycles. The number of nitrogens with zero attached hydrogens (tertiary/aromatic N) is 2. The van der Waals surface area contributed by atoms with Crippen molar-refractivity contribution in [1.29, 1.82) is 0 Å². The predicted octanol–water partition coefficient (Wildman–Crippen LogP) is 23.4. The van der Waals surface area contributed by atoms with Crippen molar-refractivity contribution in [2.75, 3.05) is 9.80 Å². The summed E-state index contributed by atoms with van der Waals surface area (Å²) in [6.07, 6.45) is 0. The number of benzene rings is 12. The van der Waals surface area contributed by atoms with E-state index in [4.69, 9.17) is 8.83 Å². The molecule has 0 atom stereocenters. The summed E-state index contributed by atoms with van der Waals surface area (Å²) in [6.45, 7) is 8.97. The summed E-state index contributed by atoms with van der Waals surface area (Å²) in [5.41, 5.74) is 21.3. The molecule has 6 heteroatoms. The fourth-order valence-electron chi connectivity index (χ4n) is 12.9. The molecule has 16 aromatic rings. The molecule has 0 unspecified atom stereocenters. The van der Waals surface area contributed by atoms with E-state index in [0.717, 1.165) is 123 Å². The molecule has 4 nitrogen and oxygen atoms in total. The van der Waals surface area contributed by atoms with Gasteiger partial charge in [-0.2, -0.15) is 0 Å². The van der Waals surface area contributed by atoms with Crippen molar-refractivity contribution in [3.8, 4) is 33.4 Å². The first-order valence-corrected chi connectivity index (χ1v) is 29.6. The number of hydrogen-bond acceptors (Lipinski definition) is 6. The van der Waals surface area contributed by atoms with Crippen molar-refractivity contribution in [3.63, 3.8) is 0 Å². The van der Waals surface area contributed by atoms with E-state index in [-0.39, 0.29) is 0 Å². The Hall–Kier alpha value is -9.72. The van der Waals surface area contributed by atoms with Gasteiger partial charge in [0.25, 0.3) is 0 Å². The quantitative estimate of drug-likeness (QED) is 0.144. The van der Waals surface area contributed by atoms with E-state index in [1.807, 2.05) is 22.7 Å². The minimum Gasteiger partial charge on any atom is -0.454 e. The van der Waals surface area contributed by atoms with Crippen molar-refractivity contribution in [2.45, 2.75) is 27.7 Å². The van der Waals surface area contributed by atoms with Crippen LogP contribution in [0.5, 0.6) is 0 Å². The number of thiophene rings is 2. The standard InChI is InChI=1S/C76H52N2O2S2/c1-45-17-13-23-53(51-35-39-71-61(43-51)57-21-7-11-31-69(57)81-71)73(45)77(65-27-15-25-59-55-19-5-9-29-67(55)79-75(59)65)63-37-33-49(41-47(63)3)50-34-38-64(48(4)42-50)78(66-28-16-26-60-56-20-6-10-30-68(56)80-76(60)66)74-46(2)18-14-24-54(74)52-36-40-72-62(44-52)58-22-8-12-32-70(58)82-72/h5-44H,1-4H3. The second-order valence-electron chi connectivity index (χ2n) is 21.7. The molecule has 0 aliphatic rings. The van der Waals surface area contributed by atoms with Crippen LogP contribution in [0.2, 0.25) is 0 Å². The third kappa shape index (κ3) is 7.63. The lowest BCUT2D eigenvalue weighted by molar-refractivity contribution is 0.668. The molecular formula is C76H52N2O2S2. The number of para-hydroxylation sites is 6. The largest absolute Gasteiger partial charge is 0.454 e. The van der Waals surface area contributed by atoms with E-state index in [1.165, 1.54) is 51.5 Å². The zero-order valence-electron chi connectivity index (χ0n) is 45.6. The van der Waals surface area contributed by atoms with Crippen LogP contribution in [0.4, 0.5) is 34.1 Å². The lowest BCUT2D eigenvalue weighted by Crippen LogP contribution is -2.14. The molecule has 0 radical (unpaired) electrons. The Morgan fingerprint density at radius 2 is 0.646 bits per heavy atom. The molecule has 390 valence electrons. The van der Waals surface area contributed by atoms with Crippen molar-refractivity contribution in [2.24, 2.45) is 0 Å².